The molecule has 0 aliphatic rings. The Kier molecular flexibility index (Phi) is 3.62. The zero-order valence-corrected chi connectivity index (χ0v) is 11.2. The topological polar surface area (TPSA) is 99.1 Å². The van der Waals surface area contributed by atoms with Crippen LogP contribution in [0, 0.1) is 6.92 Å². The van der Waals surface area contributed by atoms with Gasteiger partial charge in [-0.3, -0.25) is 9.59 Å². The Hall–Kier alpha value is -2.21. The van der Waals surface area contributed by atoms with E-state index in [1.165, 1.54) is 11.3 Å². The molecule has 0 radical (unpaired) electrons. The molecule has 0 saturated carbocycles. The van der Waals surface area contributed by atoms with Crippen LogP contribution in [0.3, 0.4) is 0 Å². The standard InChI is InChI=1S/C13H13N3O2S/c1-7-6-19-11(16-7)5-10-8(12(14)17)3-2-4-9(10)13(15)18/h2-4,6H,5H2,1H3,(H2,14,17)(H2,15,18). The van der Waals surface area contributed by atoms with Gasteiger partial charge in [-0.2, -0.15) is 0 Å². The Morgan fingerprint density at radius 1 is 1.21 bits per heavy atom. The van der Waals surface area contributed by atoms with Crippen molar-refractivity contribution in [2.24, 2.45) is 11.5 Å². The van der Waals surface area contributed by atoms with Crippen molar-refractivity contribution in [3.05, 3.63) is 51.0 Å². The summed E-state index contributed by atoms with van der Waals surface area (Å²) in [7, 11) is 0. The highest BCUT2D eigenvalue weighted by Gasteiger charge is 2.17. The largest absolute Gasteiger partial charge is 0.366 e. The summed E-state index contributed by atoms with van der Waals surface area (Å²) in [5.74, 6) is -1.15. The molecule has 2 amide bonds. The molecule has 5 nitrogen and oxygen atoms in total. The highest BCUT2D eigenvalue weighted by molar-refractivity contribution is 7.09. The molecule has 2 aromatic rings. The third-order valence-electron chi connectivity index (χ3n) is 2.70. The minimum atomic E-state index is -0.577. The van der Waals surface area contributed by atoms with Gasteiger partial charge in [0.05, 0.1) is 5.01 Å². The maximum absolute atomic E-state index is 11.4. The smallest absolute Gasteiger partial charge is 0.249 e. The first-order valence-electron chi connectivity index (χ1n) is 5.61. The molecule has 1 heterocycles. The first-order chi connectivity index (χ1) is 8.99. The summed E-state index contributed by atoms with van der Waals surface area (Å²) in [6.07, 6.45) is 0.371. The lowest BCUT2D eigenvalue weighted by molar-refractivity contribution is 0.0999. The van der Waals surface area contributed by atoms with Gasteiger partial charge in [0.2, 0.25) is 11.8 Å². The van der Waals surface area contributed by atoms with E-state index in [9.17, 15) is 9.59 Å². The number of primary amides is 2. The molecule has 0 fully saturated rings. The Bertz CT molecular complexity index is 617. The first kappa shape index (κ1) is 13.2. The molecular weight excluding hydrogens is 262 g/mol. The molecule has 1 aromatic carbocycles. The van der Waals surface area contributed by atoms with Crippen molar-refractivity contribution in [3.63, 3.8) is 0 Å². The van der Waals surface area contributed by atoms with Crippen molar-refractivity contribution >= 4 is 23.2 Å². The summed E-state index contributed by atoms with van der Waals surface area (Å²) < 4.78 is 0. The fraction of sp³-hybridized carbons (Fsp3) is 0.154. The molecule has 98 valence electrons. The van der Waals surface area contributed by atoms with Gasteiger partial charge in [-0.1, -0.05) is 6.07 Å². The molecular formula is C13H13N3O2S. The van der Waals surface area contributed by atoms with E-state index < -0.39 is 11.8 Å². The van der Waals surface area contributed by atoms with E-state index in [1.54, 1.807) is 18.2 Å². The molecule has 0 aliphatic carbocycles. The fourth-order valence-electron chi connectivity index (χ4n) is 1.87. The van der Waals surface area contributed by atoms with Gasteiger partial charge in [0.1, 0.15) is 0 Å². The maximum atomic E-state index is 11.4. The van der Waals surface area contributed by atoms with Crippen molar-refractivity contribution in [1.29, 1.82) is 0 Å². The van der Waals surface area contributed by atoms with E-state index in [2.05, 4.69) is 4.98 Å². The second-order valence-electron chi connectivity index (χ2n) is 4.12. The van der Waals surface area contributed by atoms with Crippen LogP contribution >= 0.6 is 11.3 Å². The zero-order valence-electron chi connectivity index (χ0n) is 10.3. The summed E-state index contributed by atoms with van der Waals surface area (Å²) in [6.45, 7) is 1.88. The zero-order chi connectivity index (χ0) is 14.0. The van der Waals surface area contributed by atoms with Crippen LogP contribution < -0.4 is 11.5 Å². The summed E-state index contributed by atoms with van der Waals surface area (Å²) in [5.41, 5.74) is 12.7. The molecule has 0 spiro atoms. The third-order valence-corrected chi connectivity index (χ3v) is 3.67. The normalized spacial score (nSPS) is 10.4. The molecule has 0 unspecified atom stereocenters. The summed E-state index contributed by atoms with van der Waals surface area (Å²) in [4.78, 5) is 27.2. The summed E-state index contributed by atoms with van der Waals surface area (Å²) in [6, 6.07) is 4.77. The third kappa shape index (κ3) is 2.79. The monoisotopic (exact) mass is 275 g/mol. The number of aryl methyl sites for hydroxylation is 1. The van der Waals surface area contributed by atoms with Crippen molar-refractivity contribution < 1.29 is 9.59 Å². The van der Waals surface area contributed by atoms with Crippen LogP contribution in [0.15, 0.2) is 23.6 Å². The fourth-order valence-corrected chi connectivity index (χ4v) is 2.66. The molecule has 4 N–H and O–H groups in total. The highest BCUT2D eigenvalue weighted by atomic mass is 32.1. The Balaban J connectivity index is 2.52. The summed E-state index contributed by atoms with van der Waals surface area (Å²) in [5, 5.41) is 2.72. The Morgan fingerprint density at radius 3 is 2.21 bits per heavy atom. The number of hydrogen-bond donors (Lipinski definition) is 2. The van der Waals surface area contributed by atoms with Gasteiger partial charge < -0.3 is 11.5 Å². The van der Waals surface area contributed by atoms with E-state index in [1.807, 2.05) is 12.3 Å². The quantitative estimate of drug-likeness (QED) is 0.878. The van der Waals surface area contributed by atoms with Crippen molar-refractivity contribution in [2.45, 2.75) is 13.3 Å². The van der Waals surface area contributed by atoms with Gasteiger partial charge in [-0.15, -0.1) is 11.3 Å². The second kappa shape index (κ2) is 5.19. The Morgan fingerprint density at radius 2 is 1.79 bits per heavy atom. The molecule has 19 heavy (non-hydrogen) atoms. The molecule has 0 atom stereocenters. The molecule has 6 heteroatoms. The van der Waals surface area contributed by atoms with Crippen LogP contribution in [0.1, 0.15) is 37.0 Å². The second-order valence-corrected chi connectivity index (χ2v) is 5.06. The van der Waals surface area contributed by atoms with Crippen LogP contribution in [-0.4, -0.2) is 16.8 Å². The van der Waals surface area contributed by atoms with Crippen molar-refractivity contribution in [2.75, 3.05) is 0 Å². The number of amides is 2. The van der Waals surface area contributed by atoms with E-state index in [4.69, 9.17) is 11.5 Å². The molecule has 0 bridgehead atoms. The van der Waals surface area contributed by atoms with Crippen LogP contribution in [-0.2, 0) is 6.42 Å². The number of aromatic nitrogens is 1. The SMILES string of the molecule is Cc1csc(Cc2c(C(N)=O)cccc2C(N)=O)n1. The number of thiazole rings is 1. The van der Waals surface area contributed by atoms with E-state index in [-0.39, 0.29) is 0 Å². The van der Waals surface area contributed by atoms with Crippen LogP contribution in [0.4, 0.5) is 0 Å². The van der Waals surface area contributed by atoms with Gasteiger partial charge in [-0.05, 0) is 24.6 Å². The molecule has 1 aromatic heterocycles. The lowest BCUT2D eigenvalue weighted by Crippen LogP contribution is -2.20. The van der Waals surface area contributed by atoms with Gasteiger partial charge in [0, 0.05) is 28.6 Å². The predicted octanol–water partition coefficient (Wildman–Crippen LogP) is 1.24. The van der Waals surface area contributed by atoms with Gasteiger partial charge in [0.25, 0.3) is 0 Å². The van der Waals surface area contributed by atoms with Crippen LogP contribution in [0.25, 0.3) is 0 Å². The number of benzene rings is 1. The van der Waals surface area contributed by atoms with Crippen LogP contribution in [0.5, 0.6) is 0 Å². The average Bonchev–Trinajstić information content (AvgIpc) is 2.74. The number of carbonyl (C=O) groups excluding carboxylic acids is 2. The van der Waals surface area contributed by atoms with E-state index >= 15 is 0 Å². The van der Waals surface area contributed by atoms with Gasteiger partial charge >= 0.3 is 0 Å². The number of nitrogens with zero attached hydrogens (tertiary/aromatic N) is 1. The minimum absolute atomic E-state index is 0.309. The van der Waals surface area contributed by atoms with E-state index in [0.29, 0.717) is 23.1 Å². The van der Waals surface area contributed by atoms with Gasteiger partial charge in [-0.25, -0.2) is 4.98 Å². The predicted molar refractivity (Wildman–Crippen MR) is 73.1 cm³/mol. The van der Waals surface area contributed by atoms with Crippen LogP contribution in [0.2, 0.25) is 0 Å². The maximum Gasteiger partial charge on any atom is 0.249 e. The number of hydrogen-bond acceptors (Lipinski definition) is 4. The number of nitrogens with two attached hydrogens (primary N) is 2. The summed E-state index contributed by atoms with van der Waals surface area (Å²) >= 11 is 1.47. The van der Waals surface area contributed by atoms with Crippen molar-refractivity contribution in [1.82, 2.24) is 4.98 Å². The van der Waals surface area contributed by atoms with Gasteiger partial charge in [0.15, 0.2) is 0 Å². The molecule has 0 aliphatic heterocycles. The number of rotatable bonds is 4. The molecule has 2 rings (SSSR count). The lowest BCUT2D eigenvalue weighted by atomic mass is 9.97. The number of carbonyl (C=O) groups is 2. The first-order valence-corrected chi connectivity index (χ1v) is 6.49. The van der Waals surface area contributed by atoms with Crippen molar-refractivity contribution in [3.8, 4) is 0 Å². The minimum Gasteiger partial charge on any atom is -0.366 e. The van der Waals surface area contributed by atoms with E-state index in [0.717, 1.165) is 10.7 Å². The highest BCUT2D eigenvalue weighted by Crippen LogP contribution is 2.21. The average molecular weight is 275 g/mol. The lowest BCUT2D eigenvalue weighted by Gasteiger charge is -2.09. The Labute approximate surface area is 114 Å². The molecule has 0 saturated heterocycles.